The Morgan fingerprint density at radius 2 is 1.85 bits per heavy atom. The molecule has 0 N–H and O–H groups in total. The molecule has 3 heterocycles. The predicted molar refractivity (Wildman–Crippen MR) is 105 cm³/mol. The number of benzene rings is 1. The Hall–Kier alpha value is -2.82. The first-order valence-corrected chi connectivity index (χ1v) is 9.06. The lowest BCUT2D eigenvalue weighted by Crippen LogP contribution is -2.49. The summed E-state index contributed by atoms with van der Waals surface area (Å²) >= 11 is 0. The van der Waals surface area contributed by atoms with E-state index in [0.717, 1.165) is 42.8 Å². The predicted octanol–water partition coefficient (Wildman–Crippen LogP) is 3.15. The molecule has 0 atom stereocenters. The molecule has 4 rings (SSSR count). The summed E-state index contributed by atoms with van der Waals surface area (Å²) in [7, 11) is 1.93. The molecule has 5 heteroatoms. The van der Waals surface area contributed by atoms with Crippen LogP contribution < -0.4 is 4.90 Å². The van der Waals surface area contributed by atoms with E-state index in [9.17, 15) is 4.79 Å². The number of rotatable bonds is 2. The third-order valence-electron chi connectivity index (χ3n) is 5.55. The lowest BCUT2D eigenvalue weighted by molar-refractivity contribution is 0.0737. The molecule has 26 heavy (non-hydrogen) atoms. The van der Waals surface area contributed by atoms with Crippen LogP contribution in [0.3, 0.4) is 0 Å². The van der Waals surface area contributed by atoms with Gasteiger partial charge >= 0.3 is 0 Å². The molecule has 1 aliphatic rings. The molecule has 0 spiro atoms. The Labute approximate surface area is 153 Å². The molecule has 0 radical (unpaired) electrons. The summed E-state index contributed by atoms with van der Waals surface area (Å²) in [5, 5.41) is 1.06. The summed E-state index contributed by atoms with van der Waals surface area (Å²) in [6.45, 7) is 7.53. The van der Waals surface area contributed by atoms with Crippen molar-refractivity contribution in [3.8, 4) is 0 Å². The molecule has 1 fully saturated rings. The maximum atomic E-state index is 13.0. The Kier molecular flexibility index (Phi) is 4.15. The molecule has 5 nitrogen and oxygen atoms in total. The van der Waals surface area contributed by atoms with E-state index in [1.165, 1.54) is 16.8 Å². The summed E-state index contributed by atoms with van der Waals surface area (Å²) in [5.74, 6) is 0.101. The molecule has 1 aromatic carbocycles. The number of nitrogens with zero attached hydrogens (tertiary/aromatic N) is 4. The minimum atomic E-state index is 0.101. The van der Waals surface area contributed by atoms with Gasteiger partial charge in [-0.15, -0.1) is 0 Å². The van der Waals surface area contributed by atoms with Crippen LogP contribution in [-0.2, 0) is 7.05 Å². The standard InChI is InChI=1S/C21H24N4O/c1-15-5-4-6-18(16(15)2)24-9-11-25(12-10-24)21(26)19-13-17-7-8-22-14-20(17)23(19)3/h4-8,13-14H,9-12H2,1-3H3. The van der Waals surface area contributed by atoms with Gasteiger partial charge in [-0.25, -0.2) is 0 Å². The van der Waals surface area contributed by atoms with E-state index in [0.29, 0.717) is 0 Å². The SMILES string of the molecule is Cc1cccc(N2CCN(C(=O)c3cc4ccncc4n3C)CC2)c1C. The fourth-order valence-electron chi connectivity index (χ4n) is 3.77. The van der Waals surface area contributed by atoms with Gasteiger partial charge in [0.05, 0.1) is 11.7 Å². The Morgan fingerprint density at radius 3 is 2.58 bits per heavy atom. The first kappa shape index (κ1) is 16.6. The van der Waals surface area contributed by atoms with Gasteiger partial charge < -0.3 is 14.4 Å². The summed E-state index contributed by atoms with van der Waals surface area (Å²) in [6, 6.07) is 10.4. The van der Waals surface area contributed by atoms with Crippen LogP contribution in [0, 0.1) is 13.8 Å². The number of amides is 1. The number of carbonyl (C=O) groups excluding carboxylic acids is 1. The molecule has 1 aliphatic heterocycles. The van der Waals surface area contributed by atoms with Crippen molar-refractivity contribution in [2.45, 2.75) is 13.8 Å². The molecule has 0 unspecified atom stereocenters. The fraction of sp³-hybridized carbons (Fsp3) is 0.333. The maximum absolute atomic E-state index is 13.0. The maximum Gasteiger partial charge on any atom is 0.270 e. The van der Waals surface area contributed by atoms with E-state index in [2.05, 4.69) is 41.9 Å². The van der Waals surface area contributed by atoms with Crippen LogP contribution in [0.15, 0.2) is 42.7 Å². The van der Waals surface area contributed by atoms with Crippen LogP contribution >= 0.6 is 0 Å². The van der Waals surface area contributed by atoms with E-state index in [4.69, 9.17) is 0 Å². The second-order valence-corrected chi connectivity index (χ2v) is 7.02. The topological polar surface area (TPSA) is 41.4 Å². The van der Waals surface area contributed by atoms with Crippen molar-refractivity contribution in [2.24, 2.45) is 7.05 Å². The Morgan fingerprint density at radius 1 is 1.08 bits per heavy atom. The summed E-state index contributed by atoms with van der Waals surface area (Å²) < 4.78 is 1.95. The molecule has 0 bridgehead atoms. The van der Waals surface area contributed by atoms with Crippen LogP contribution in [0.4, 0.5) is 5.69 Å². The average Bonchev–Trinajstić information content (AvgIpc) is 3.01. The highest BCUT2D eigenvalue weighted by molar-refractivity contribution is 5.98. The van der Waals surface area contributed by atoms with Crippen LogP contribution in [0.5, 0.6) is 0 Å². The average molecular weight is 348 g/mol. The molecular formula is C21H24N4O. The quantitative estimate of drug-likeness (QED) is 0.714. The number of carbonyl (C=O) groups is 1. The van der Waals surface area contributed by atoms with E-state index >= 15 is 0 Å². The lowest BCUT2D eigenvalue weighted by atomic mass is 10.1. The van der Waals surface area contributed by atoms with Gasteiger partial charge in [0.2, 0.25) is 0 Å². The van der Waals surface area contributed by atoms with Gasteiger partial charge in [0.1, 0.15) is 5.69 Å². The van der Waals surface area contributed by atoms with Crippen molar-refractivity contribution < 1.29 is 4.79 Å². The zero-order valence-corrected chi connectivity index (χ0v) is 15.6. The minimum Gasteiger partial charge on any atom is -0.368 e. The number of anilines is 1. The highest BCUT2D eigenvalue weighted by Gasteiger charge is 2.25. The van der Waals surface area contributed by atoms with Crippen molar-refractivity contribution in [3.63, 3.8) is 0 Å². The zero-order valence-electron chi connectivity index (χ0n) is 15.6. The van der Waals surface area contributed by atoms with Gasteiger partial charge in [-0.05, 0) is 43.2 Å². The molecule has 1 saturated heterocycles. The van der Waals surface area contributed by atoms with E-state index < -0.39 is 0 Å². The van der Waals surface area contributed by atoms with E-state index in [1.54, 1.807) is 6.20 Å². The molecule has 0 saturated carbocycles. The van der Waals surface area contributed by atoms with Crippen LogP contribution in [0.1, 0.15) is 21.6 Å². The van der Waals surface area contributed by atoms with Gasteiger partial charge in [-0.1, -0.05) is 12.1 Å². The first-order valence-electron chi connectivity index (χ1n) is 9.06. The highest BCUT2D eigenvalue weighted by Crippen LogP contribution is 2.25. The van der Waals surface area contributed by atoms with Crippen LogP contribution in [-0.4, -0.2) is 46.5 Å². The molecule has 2 aromatic heterocycles. The van der Waals surface area contributed by atoms with Gasteiger partial charge in [0, 0.05) is 50.5 Å². The second-order valence-electron chi connectivity index (χ2n) is 7.02. The lowest BCUT2D eigenvalue weighted by Gasteiger charge is -2.37. The Bertz CT molecular complexity index is 967. The smallest absolute Gasteiger partial charge is 0.270 e. The van der Waals surface area contributed by atoms with E-state index in [-0.39, 0.29) is 5.91 Å². The summed E-state index contributed by atoms with van der Waals surface area (Å²) in [5.41, 5.74) is 5.64. The largest absolute Gasteiger partial charge is 0.368 e. The number of piperazine rings is 1. The monoisotopic (exact) mass is 348 g/mol. The number of aromatic nitrogens is 2. The Balaban J connectivity index is 1.51. The van der Waals surface area contributed by atoms with Crippen molar-refractivity contribution in [1.82, 2.24) is 14.5 Å². The van der Waals surface area contributed by atoms with Gasteiger partial charge in [-0.2, -0.15) is 0 Å². The van der Waals surface area contributed by atoms with Crippen LogP contribution in [0.2, 0.25) is 0 Å². The third kappa shape index (κ3) is 2.73. The van der Waals surface area contributed by atoms with Crippen LogP contribution in [0.25, 0.3) is 10.9 Å². The van der Waals surface area contributed by atoms with Crippen molar-refractivity contribution >= 4 is 22.5 Å². The molecule has 1 amide bonds. The third-order valence-corrected chi connectivity index (χ3v) is 5.55. The fourth-order valence-corrected chi connectivity index (χ4v) is 3.77. The van der Waals surface area contributed by atoms with Gasteiger partial charge in [0.15, 0.2) is 0 Å². The highest BCUT2D eigenvalue weighted by atomic mass is 16.2. The normalized spacial score (nSPS) is 14.9. The molecule has 3 aromatic rings. The molecule has 134 valence electrons. The number of hydrogen-bond acceptors (Lipinski definition) is 3. The van der Waals surface area contributed by atoms with Crippen molar-refractivity contribution in [2.75, 3.05) is 31.1 Å². The summed E-state index contributed by atoms with van der Waals surface area (Å²) in [4.78, 5) is 21.5. The summed E-state index contributed by atoms with van der Waals surface area (Å²) in [6.07, 6.45) is 3.57. The van der Waals surface area contributed by atoms with E-state index in [1.807, 2.05) is 34.8 Å². The number of aryl methyl sites for hydroxylation is 2. The molecule has 0 aliphatic carbocycles. The first-order chi connectivity index (χ1) is 12.6. The minimum absolute atomic E-state index is 0.101. The van der Waals surface area contributed by atoms with Gasteiger partial charge in [0.25, 0.3) is 5.91 Å². The van der Waals surface area contributed by atoms with Crippen molar-refractivity contribution in [1.29, 1.82) is 0 Å². The number of pyridine rings is 1. The number of hydrogen-bond donors (Lipinski definition) is 0. The number of fused-ring (bicyclic) bond motifs is 1. The zero-order chi connectivity index (χ0) is 18.3. The second kappa shape index (κ2) is 6.48. The molecular weight excluding hydrogens is 324 g/mol. The van der Waals surface area contributed by atoms with Gasteiger partial charge in [-0.3, -0.25) is 9.78 Å². The van der Waals surface area contributed by atoms with Crippen molar-refractivity contribution in [3.05, 3.63) is 59.5 Å².